The van der Waals surface area contributed by atoms with Crippen molar-refractivity contribution >= 4 is 58.5 Å². The number of thiol groups is 1. The molecule has 2 heterocycles. The smallest absolute Gasteiger partial charge is 0.330 e. The van der Waals surface area contributed by atoms with Crippen LogP contribution < -0.4 is 10.0 Å². The number of hydrogen-bond acceptors (Lipinski definition) is 6. The molecule has 1 aliphatic carbocycles. The van der Waals surface area contributed by atoms with Gasteiger partial charge in [0, 0.05) is 16.7 Å². The highest BCUT2D eigenvalue weighted by molar-refractivity contribution is 7.78. The minimum absolute atomic E-state index is 0.0390. The fourth-order valence-electron chi connectivity index (χ4n) is 2.59. The van der Waals surface area contributed by atoms with Gasteiger partial charge in [0.1, 0.15) is 11.1 Å². The second kappa shape index (κ2) is 9.23. The molecule has 2 amide bonds. The Morgan fingerprint density at radius 3 is 2.54 bits per heavy atom. The summed E-state index contributed by atoms with van der Waals surface area (Å²) in [7, 11) is 0. The van der Waals surface area contributed by atoms with E-state index in [4.69, 9.17) is 27.9 Å². The van der Waals surface area contributed by atoms with E-state index in [1.54, 1.807) is 0 Å². The molecule has 1 saturated carbocycles. The summed E-state index contributed by atoms with van der Waals surface area (Å²) in [4.78, 5) is 10.9. The zero-order valence-corrected chi connectivity index (χ0v) is 17.0. The Bertz CT molecular complexity index is 744. The van der Waals surface area contributed by atoms with Gasteiger partial charge in [0.2, 0.25) is 5.13 Å². The molecule has 1 saturated heterocycles. The summed E-state index contributed by atoms with van der Waals surface area (Å²) in [6.07, 6.45) is 4.53. The highest BCUT2D eigenvalue weighted by Crippen LogP contribution is 2.46. The highest BCUT2D eigenvalue weighted by atomic mass is 35.5. The van der Waals surface area contributed by atoms with Crippen LogP contribution in [0.4, 0.5) is 9.93 Å². The third-order valence-corrected chi connectivity index (χ3v) is 5.75. The molecule has 1 aromatic carbocycles. The van der Waals surface area contributed by atoms with Crippen LogP contribution in [0, 0.1) is 0 Å². The number of carbonyl (C=O) groups is 1. The molecule has 10 heteroatoms. The van der Waals surface area contributed by atoms with Crippen LogP contribution in [0.25, 0.3) is 0 Å². The molecule has 2 aromatic rings. The van der Waals surface area contributed by atoms with Crippen LogP contribution in [0.15, 0.2) is 18.2 Å². The lowest BCUT2D eigenvalue weighted by Gasteiger charge is -2.03. The van der Waals surface area contributed by atoms with Crippen LogP contribution in [0.2, 0.25) is 10.0 Å². The fraction of sp³-hybridized carbons (Fsp3) is 0.438. The number of carbonyl (C=O) groups excluding carboxylic acids is 1. The van der Waals surface area contributed by atoms with Gasteiger partial charge in [-0.05, 0) is 49.3 Å². The lowest BCUT2D eigenvalue weighted by Crippen LogP contribution is -2.20. The van der Waals surface area contributed by atoms with Gasteiger partial charge in [-0.1, -0.05) is 53.4 Å². The second-order valence-corrected chi connectivity index (χ2v) is 7.97. The topological polar surface area (TPSA) is 76.1 Å². The number of urea groups is 1. The van der Waals surface area contributed by atoms with Gasteiger partial charge in [-0.25, -0.2) is 4.79 Å². The number of benzene rings is 1. The average molecular weight is 433 g/mol. The zero-order valence-electron chi connectivity index (χ0n) is 13.7. The molecule has 140 valence electrons. The van der Waals surface area contributed by atoms with Gasteiger partial charge in [0.05, 0.1) is 0 Å². The summed E-state index contributed by atoms with van der Waals surface area (Å²) in [5.74, 6) is 0.635. The van der Waals surface area contributed by atoms with Crippen molar-refractivity contribution in [3.63, 3.8) is 0 Å². The third-order valence-electron chi connectivity index (χ3n) is 3.95. The van der Waals surface area contributed by atoms with E-state index in [2.05, 4.69) is 33.1 Å². The summed E-state index contributed by atoms with van der Waals surface area (Å²) in [5.41, 5.74) is 1.15. The summed E-state index contributed by atoms with van der Waals surface area (Å²) < 4.78 is 7.59. The van der Waals surface area contributed by atoms with Crippen LogP contribution >= 0.6 is 47.4 Å². The van der Waals surface area contributed by atoms with E-state index in [0.29, 0.717) is 11.0 Å². The minimum atomic E-state index is -0.423. The maximum atomic E-state index is 10.9. The number of amides is 2. The number of nitrogens with zero attached hydrogens (tertiary/aromatic N) is 2. The Labute approximate surface area is 171 Å². The molecule has 2 aliphatic rings. The Hall–Kier alpha value is -1.06. The minimum Gasteiger partial charge on any atom is -0.371 e. The van der Waals surface area contributed by atoms with Crippen molar-refractivity contribution in [3.05, 3.63) is 38.8 Å². The molecule has 1 aromatic heterocycles. The number of aromatic nitrogens is 2. The number of hydrogen-bond donors (Lipinski definition) is 3. The maximum absolute atomic E-state index is 10.9. The Kier molecular flexibility index (Phi) is 6.99. The summed E-state index contributed by atoms with van der Waals surface area (Å²) in [6.45, 7) is 0.768. The lowest BCUT2D eigenvalue weighted by atomic mass is 10.1. The monoisotopic (exact) mass is 432 g/mol. The lowest BCUT2D eigenvalue weighted by molar-refractivity contribution is 0.111. The van der Waals surface area contributed by atoms with Gasteiger partial charge in [-0.2, -0.15) is 0 Å². The number of ether oxygens (including phenoxy) is 1. The predicted octanol–water partition coefficient (Wildman–Crippen LogP) is 5.23. The quantitative estimate of drug-likeness (QED) is 0.580. The molecule has 2 fully saturated rings. The fourth-order valence-corrected chi connectivity index (χ4v) is 4.17. The van der Waals surface area contributed by atoms with Gasteiger partial charge in [0.15, 0.2) is 0 Å². The van der Waals surface area contributed by atoms with Gasteiger partial charge >= 0.3 is 6.03 Å². The van der Waals surface area contributed by atoms with Crippen LogP contribution in [0.1, 0.15) is 48.3 Å². The van der Waals surface area contributed by atoms with Crippen LogP contribution in [0.5, 0.6) is 0 Å². The first-order valence-corrected chi connectivity index (χ1v) is 10.2. The van der Waals surface area contributed by atoms with Gasteiger partial charge < -0.3 is 4.74 Å². The first kappa shape index (κ1) is 19.7. The predicted molar refractivity (Wildman–Crippen MR) is 107 cm³/mol. The summed E-state index contributed by atoms with van der Waals surface area (Å²) >= 11 is 16.9. The molecule has 1 unspecified atom stereocenters. The molecule has 0 spiro atoms. The zero-order chi connectivity index (χ0) is 18.5. The summed E-state index contributed by atoms with van der Waals surface area (Å²) in [6, 6.07) is 5.27. The van der Waals surface area contributed by atoms with Crippen LogP contribution in [-0.4, -0.2) is 22.8 Å². The average Bonchev–Trinajstić information content (AvgIpc) is 3.11. The standard InChI is InChI=1S/C9H8Cl2.C7H10N4O2S2/c10-7-2-1-3-8(11)9(7)6-4-5-6;12-6(11-14)8-7-10-9-5(15-7)4-2-1-3-13-4/h1-3,6H,4-5H2;4,14H,1-3H2,(H2,8,10,11,12). The van der Waals surface area contributed by atoms with E-state index in [-0.39, 0.29) is 6.10 Å². The molecule has 1 atom stereocenters. The first-order valence-electron chi connectivity index (χ1n) is 8.18. The summed E-state index contributed by atoms with van der Waals surface area (Å²) in [5, 5.41) is 13.2. The molecule has 1 aliphatic heterocycles. The van der Waals surface area contributed by atoms with Crippen molar-refractivity contribution in [2.75, 3.05) is 11.9 Å². The molecule has 2 N–H and O–H groups in total. The van der Waals surface area contributed by atoms with Crippen LogP contribution in [0.3, 0.4) is 0 Å². The third kappa shape index (κ3) is 5.23. The van der Waals surface area contributed by atoms with Crippen molar-refractivity contribution in [1.82, 2.24) is 14.9 Å². The highest BCUT2D eigenvalue weighted by Gasteiger charge is 2.27. The maximum Gasteiger partial charge on any atom is 0.330 e. The van der Waals surface area contributed by atoms with Crippen molar-refractivity contribution < 1.29 is 9.53 Å². The van der Waals surface area contributed by atoms with Gasteiger partial charge in [-0.3, -0.25) is 10.0 Å². The SMILES string of the molecule is Clc1cccc(Cl)c1C1CC1.O=C(NS)Nc1nnc(C2CCCO2)s1. The molecule has 26 heavy (non-hydrogen) atoms. The van der Waals surface area contributed by atoms with Gasteiger partial charge in [-0.15, -0.1) is 10.2 Å². The van der Waals surface area contributed by atoms with Crippen molar-refractivity contribution in [2.24, 2.45) is 0 Å². The molecule has 0 bridgehead atoms. The largest absolute Gasteiger partial charge is 0.371 e. The number of anilines is 1. The van der Waals surface area contributed by atoms with E-state index in [9.17, 15) is 4.79 Å². The molecular weight excluding hydrogens is 415 g/mol. The molecular formula is C16H18Cl2N4O2S2. The van der Waals surface area contributed by atoms with E-state index in [0.717, 1.165) is 40.1 Å². The Morgan fingerprint density at radius 1 is 1.23 bits per heavy atom. The first-order chi connectivity index (χ1) is 12.6. The number of rotatable bonds is 3. The second-order valence-electron chi connectivity index (χ2n) is 5.92. The van der Waals surface area contributed by atoms with Crippen molar-refractivity contribution in [1.29, 1.82) is 0 Å². The molecule has 4 rings (SSSR count). The van der Waals surface area contributed by atoms with Crippen molar-refractivity contribution in [2.45, 2.75) is 37.7 Å². The van der Waals surface area contributed by atoms with E-state index >= 15 is 0 Å². The molecule has 6 nitrogen and oxygen atoms in total. The Morgan fingerprint density at radius 2 is 1.96 bits per heavy atom. The van der Waals surface area contributed by atoms with E-state index < -0.39 is 6.03 Å². The van der Waals surface area contributed by atoms with Gasteiger partial charge in [0.25, 0.3) is 0 Å². The normalized spacial score (nSPS) is 18.8. The van der Waals surface area contributed by atoms with E-state index in [1.165, 1.54) is 24.2 Å². The number of halogens is 2. The number of nitrogens with one attached hydrogen (secondary N) is 2. The van der Waals surface area contributed by atoms with Crippen LogP contribution in [-0.2, 0) is 4.74 Å². The Balaban J connectivity index is 0.000000158. The van der Waals surface area contributed by atoms with Crippen molar-refractivity contribution in [3.8, 4) is 0 Å². The van der Waals surface area contributed by atoms with E-state index in [1.807, 2.05) is 18.2 Å². The molecule has 0 radical (unpaired) electrons.